The van der Waals surface area contributed by atoms with Gasteiger partial charge in [0, 0.05) is 19.1 Å². The molecule has 3 rings (SSSR count). The molecule has 2 aliphatic rings. The predicted octanol–water partition coefficient (Wildman–Crippen LogP) is 0.912. The summed E-state index contributed by atoms with van der Waals surface area (Å²) in [5.41, 5.74) is 1.11. The first-order valence-electron chi connectivity index (χ1n) is 7.15. The lowest BCUT2D eigenvalue weighted by atomic mass is 9.96. The van der Waals surface area contributed by atoms with Crippen LogP contribution in [0.3, 0.4) is 0 Å². The number of hydrogen-bond acceptors (Lipinski definition) is 3. The van der Waals surface area contributed by atoms with Crippen LogP contribution in [0.15, 0.2) is 30.3 Å². The number of nitrogens with zero attached hydrogens (tertiary/aromatic N) is 1. The number of amides is 1. The Bertz CT molecular complexity index is 428. The van der Waals surface area contributed by atoms with E-state index in [9.17, 15) is 4.79 Å². The van der Waals surface area contributed by atoms with Crippen molar-refractivity contribution in [1.82, 2.24) is 15.5 Å². The molecule has 0 aromatic heterocycles. The van der Waals surface area contributed by atoms with E-state index in [0.717, 1.165) is 44.6 Å². The molecule has 2 heterocycles. The highest BCUT2D eigenvalue weighted by atomic mass is 16.2. The molecule has 0 spiro atoms. The molecule has 4 heteroatoms. The third-order valence-electron chi connectivity index (χ3n) is 4.14. The summed E-state index contributed by atoms with van der Waals surface area (Å²) in [5.74, 6) is 0.149. The molecule has 2 aliphatic heterocycles. The first-order chi connectivity index (χ1) is 9.36. The van der Waals surface area contributed by atoms with Crippen LogP contribution in [-0.4, -0.2) is 43.0 Å². The predicted molar refractivity (Wildman–Crippen MR) is 74.8 cm³/mol. The van der Waals surface area contributed by atoms with E-state index in [2.05, 4.69) is 27.7 Å². The summed E-state index contributed by atoms with van der Waals surface area (Å²) < 4.78 is 0. The monoisotopic (exact) mass is 259 g/mol. The number of piperazine rings is 1. The van der Waals surface area contributed by atoms with Gasteiger partial charge in [0.15, 0.2) is 0 Å². The van der Waals surface area contributed by atoms with Crippen LogP contribution in [0.25, 0.3) is 0 Å². The van der Waals surface area contributed by atoms with Crippen LogP contribution < -0.4 is 10.6 Å². The Hall–Kier alpha value is -1.39. The van der Waals surface area contributed by atoms with Gasteiger partial charge in [-0.1, -0.05) is 30.3 Å². The third-order valence-corrected chi connectivity index (χ3v) is 4.14. The number of rotatable bonds is 2. The highest BCUT2D eigenvalue weighted by Crippen LogP contribution is 2.28. The SMILES string of the molecule is O=C1NCCN(C2CCNCC2)C1c1ccccc1. The molecule has 0 saturated carbocycles. The molecule has 0 aliphatic carbocycles. The van der Waals surface area contributed by atoms with Gasteiger partial charge in [0.1, 0.15) is 6.04 Å². The Kier molecular flexibility index (Phi) is 3.80. The molecular formula is C15H21N3O. The summed E-state index contributed by atoms with van der Waals surface area (Å²) in [7, 11) is 0. The van der Waals surface area contributed by atoms with Crippen LogP contribution in [0.2, 0.25) is 0 Å². The lowest BCUT2D eigenvalue weighted by Crippen LogP contribution is -2.55. The fourth-order valence-corrected chi connectivity index (χ4v) is 3.19. The lowest BCUT2D eigenvalue weighted by Gasteiger charge is -2.42. The Balaban J connectivity index is 1.85. The standard InChI is InChI=1S/C15H21N3O/c19-15-14(12-4-2-1-3-5-12)18(11-10-17-15)13-6-8-16-9-7-13/h1-5,13-14,16H,6-11H2,(H,17,19). The molecular weight excluding hydrogens is 238 g/mol. The summed E-state index contributed by atoms with van der Waals surface area (Å²) in [6.07, 6.45) is 2.27. The number of carbonyl (C=O) groups is 1. The van der Waals surface area contributed by atoms with Crippen molar-refractivity contribution < 1.29 is 4.79 Å². The molecule has 1 unspecified atom stereocenters. The van der Waals surface area contributed by atoms with Gasteiger partial charge < -0.3 is 10.6 Å². The summed E-state index contributed by atoms with van der Waals surface area (Å²) in [6.45, 7) is 3.84. The minimum absolute atomic E-state index is 0.113. The second kappa shape index (κ2) is 5.72. The second-order valence-electron chi connectivity index (χ2n) is 5.32. The molecule has 1 aromatic carbocycles. The van der Waals surface area contributed by atoms with Crippen LogP contribution in [0.4, 0.5) is 0 Å². The van der Waals surface area contributed by atoms with Crippen molar-refractivity contribution in [3.05, 3.63) is 35.9 Å². The van der Waals surface area contributed by atoms with Crippen molar-refractivity contribution in [2.45, 2.75) is 24.9 Å². The molecule has 1 atom stereocenters. The van der Waals surface area contributed by atoms with Crippen molar-refractivity contribution in [2.75, 3.05) is 26.2 Å². The van der Waals surface area contributed by atoms with Gasteiger partial charge in [-0.15, -0.1) is 0 Å². The first-order valence-corrected chi connectivity index (χ1v) is 7.15. The van der Waals surface area contributed by atoms with Crippen LogP contribution in [-0.2, 0) is 4.79 Å². The molecule has 4 nitrogen and oxygen atoms in total. The fourth-order valence-electron chi connectivity index (χ4n) is 3.19. The lowest BCUT2D eigenvalue weighted by molar-refractivity contribution is -0.131. The summed E-state index contributed by atoms with van der Waals surface area (Å²) >= 11 is 0. The number of piperidine rings is 1. The third kappa shape index (κ3) is 2.65. The van der Waals surface area contributed by atoms with Gasteiger partial charge in [0.05, 0.1) is 0 Å². The Morgan fingerprint density at radius 2 is 1.79 bits per heavy atom. The van der Waals surface area contributed by atoms with Crippen molar-refractivity contribution in [3.8, 4) is 0 Å². The van der Waals surface area contributed by atoms with Crippen molar-refractivity contribution in [1.29, 1.82) is 0 Å². The van der Waals surface area contributed by atoms with E-state index in [1.807, 2.05) is 18.2 Å². The Labute approximate surface area is 114 Å². The number of benzene rings is 1. The highest BCUT2D eigenvalue weighted by Gasteiger charge is 2.35. The maximum absolute atomic E-state index is 12.3. The minimum Gasteiger partial charge on any atom is -0.353 e. The van der Waals surface area contributed by atoms with Crippen molar-refractivity contribution >= 4 is 5.91 Å². The van der Waals surface area contributed by atoms with Crippen LogP contribution in [0, 0.1) is 0 Å². The molecule has 19 heavy (non-hydrogen) atoms. The number of hydrogen-bond donors (Lipinski definition) is 2. The second-order valence-corrected chi connectivity index (χ2v) is 5.32. The molecule has 2 saturated heterocycles. The van der Waals surface area contributed by atoms with Crippen molar-refractivity contribution in [2.24, 2.45) is 0 Å². The van der Waals surface area contributed by atoms with E-state index in [1.54, 1.807) is 0 Å². The van der Waals surface area contributed by atoms with Gasteiger partial charge in [-0.2, -0.15) is 0 Å². The molecule has 0 radical (unpaired) electrons. The quantitative estimate of drug-likeness (QED) is 0.830. The Morgan fingerprint density at radius 3 is 2.53 bits per heavy atom. The largest absolute Gasteiger partial charge is 0.353 e. The van der Waals surface area contributed by atoms with Gasteiger partial charge in [0.2, 0.25) is 5.91 Å². The molecule has 1 aromatic rings. The summed E-state index contributed by atoms with van der Waals surface area (Å²) in [6, 6.07) is 10.6. The molecule has 2 fully saturated rings. The van der Waals surface area contributed by atoms with E-state index < -0.39 is 0 Å². The maximum Gasteiger partial charge on any atom is 0.242 e. The van der Waals surface area contributed by atoms with Gasteiger partial charge in [-0.3, -0.25) is 9.69 Å². The van der Waals surface area contributed by atoms with Crippen LogP contribution >= 0.6 is 0 Å². The van der Waals surface area contributed by atoms with Gasteiger partial charge in [-0.05, 0) is 31.5 Å². The average molecular weight is 259 g/mol. The zero-order valence-electron chi connectivity index (χ0n) is 11.1. The van der Waals surface area contributed by atoms with Gasteiger partial charge in [0.25, 0.3) is 0 Å². The maximum atomic E-state index is 12.3. The van der Waals surface area contributed by atoms with E-state index in [-0.39, 0.29) is 11.9 Å². The minimum atomic E-state index is -0.113. The topological polar surface area (TPSA) is 44.4 Å². The van der Waals surface area contributed by atoms with E-state index in [0.29, 0.717) is 6.04 Å². The van der Waals surface area contributed by atoms with Crippen molar-refractivity contribution in [3.63, 3.8) is 0 Å². The summed E-state index contributed by atoms with van der Waals surface area (Å²) in [5, 5.41) is 6.40. The average Bonchev–Trinajstić information content (AvgIpc) is 2.49. The van der Waals surface area contributed by atoms with E-state index >= 15 is 0 Å². The van der Waals surface area contributed by atoms with Crippen LogP contribution in [0.1, 0.15) is 24.4 Å². The highest BCUT2D eigenvalue weighted by molar-refractivity contribution is 5.83. The normalized spacial score (nSPS) is 26.1. The zero-order chi connectivity index (χ0) is 13.1. The molecule has 2 N–H and O–H groups in total. The van der Waals surface area contributed by atoms with Gasteiger partial charge >= 0.3 is 0 Å². The molecule has 1 amide bonds. The van der Waals surface area contributed by atoms with E-state index in [4.69, 9.17) is 0 Å². The number of carbonyl (C=O) groups excluding carboxylic acids is 1. The van der Waals surface area contributed by atoms with Crippen LogP contribution in [0.5, 0.6) is 0 Å². The molecule has 0 bridgehead atoms. The fraction of sp³-hybridized carbons (Fsp3) is 0.533. The number of nitrogens with one attached hydrogen (secondary N) is 2. The molecule has 102 valence electrons. The zero-order valence-corrected chi connectivity index (χ0v) is 11.1. The van der Waals surface area contributed by atoms with Gasteiger partial charge in [-0.25, -0.2) is 0 Å². The summed E-state index contributed by atoms with van der Waals surface area (Å²) in [4.78, 5) is 14.7. The smallest absolute Gasteiger partial charge is 0.242 e. The van der Waals surface area contributed by atoms with E-state index in [1.165, 1.54) is 0 Å². The Morgan fingerprint density at radius 1 is 1.05 bits per heavy atom. The first kappa shape index (κ1) is 12.6.